The van der Waals surface area contributed by atoms with Gasteiger partial charge in [-0.1, -0.05) is 44.0 Å². The van der Waals surface area contributed by atoms with Gasteiger partial charge in [-0.25, -0.2) is 14.4 Å². The minimum Gasteiger partial charge on any atom is -0.454 e. The second-order valence-electron chi connectivity index (χ2n) is 10.1. The molecule has 1 atom stereocenters. The van der Waals surface area contributed by atoms with Crippen LogP contribution in [-0.4, -0.2) is 17.9 Å². The summed E-state index contributed by atoms with van der Waals surface area (Å²) in [5.41, 5.74) is 8.35. The van der Waals surface area contributed by atoms with Crippen molar-refractivity contribution in [2.24, 2.45) is 0 Å². The number of benzene rings is 3. The zero-order valence-electron chi connectivity index (χ0n) is 23.3. The van der Waals surface area contributed by atoms with Crippen molar-refractivity contribution in [2.75, 3.05) is 0 Å². The van der Waals surface area contributed by atoms with Crippen LogP contribution >= 0.6 is 0 Å². The zero-order valence-corrected chi connectivity index (χ0v) is 23.3. The molecule has 6 heteroatoms. The van der Waals surface area contributed by atoms with Crippen molar-refractivity contribution in [3.63, 3.8) is 0 Å². The van der Waals surface area contributed by atoms with E-state index in [1.54, 1.807) is 26.0 Å². The summed E-state index contributed by atoms with van der Waals surface area (Å²) < 4.78 is 16.5. The van der Waals surface area contributed by atoms with Gasteiger partial charge in [-0.2, -0.15) is 0 Å². The average molecular weight is 537 g/mol. The molecule has 0 N–H and O–H groups in total. The third-order valence-electron chi connectivity index (χ3n) is 6.79. The molecule has 0 saturated carbocycles. The molecule has 0 bridgehead atoms. The Balaban J connectivity index is 1.74. The van der Waals surface area contributed by atoms with Crippen LogP contribution in [0.4, 0.5) is 0 Å². The maximum absolute atomic E-state index is 12.2. The van der Waals surface area contributed by atoms with Crippen molar-refractivity contribution < 1.29 is 28.6 Å². The fourth-order valence-corrected chi connectivity index (χ4v) is 4.71. The third-order valence-corrected chi connectivity index (χ3v) is 6.79. The highest BCUT2D eigenvalue weighted by atomic mass is 16.5. The molecule has 0 spiro atoms. The van der Waals surface area contributed by atoms with Gasteiger partial charge in [-0.15, -0.1) is 0 Å². The van der Waals surface area contributed by atoms with E-state index in [-0.39, 0.29) is 28.7 Å². The van der Waals surface area contributed by atoms with Gasteiger partial charge in [0.1, 0.15) is 17.6 Å². The number of rotatable bonds is 8. The Hall–Kier alpha value is -4.71. The number of aryl methyl sites for hydroxylation is 3. The molecule has 0 fully saturated rings. The van der Waals surface area contributed by atoms with Crippen LogP contribution in [0.1, 0.15) is 48.6 Å². The summed E-state index contributed by atoms with van der Waals surface area (Å²) in [6.07, 6.45) is 2.51. The molecule has 6 nitrogen and oxygen atoms in total. The molecule has 0 amide bonds. The van der Waals surface area contributed by atoms with Crippen LogP contribution in [0.15, 0.2) is 85.5 Å². The van der Waals surface area contributed by atoms with Crippen molar-refractivity contribution >= 4 is 17.9 Å². The van der Waals surface area contributed by atoms with E-state index < -0.39 is 17.9 Å². The summed E-state index contributed by atoms with van der Waals surface area (Å²) in [7, 11) is 0. The molecule has 0 aliphatic heterocycles. The lowest BCUT2D eigenvalue weighted by Gasteiger charge is -2.17. The highest BCUT2D eigenvalue weighted by Crippen LogP contribution is 2.40. The van der Waals surface area contributed by atoms with Crippen LogP contribution in [0.2, 0.25) is 0 Å². The Labute approximate surface area is 234 Å². The Kier molecular flexibility index (Phi) is 8.19. The summed E-state index contributed by atoms with van der Waals surface area (Å²) in [5.74, 6) is -1.12. The van der Waals surface area contributed by atoms with Gasteiger partial charge >= 0.3 is 17.9 Å². The topological polar surface area (TPSA) is 78.9 Å². The van der Waals surface area contributed by atoms with E-state index in [0.29, 0.717) is 5.56 Å². The lowest BCUT2D eigenvalue weighted by molar-refractivity contribution is -0.143. The van der Waals surface area contributed by atoms with Gasteiger partial charge in [-0.05, 0) is 103 Å². The minimum absolute atomic E-state index is 0.231. The Bertz CT molecular complexity index is 1530. The van der Waals surface area contributed by atoms with E-state index in [2.05, 4.69) is 50.1 Å². The lowest BCUT2D eigenvalue weighted by Crippen LogP contribution is -2.10. The first-order valence-electron chi connectivity index (χ1n) is 12.9. The van der Waals surface area contributed by atoms with Crippen LogP contribution in [0.3, 0.4) is 0 Å². The molecule has 40 heavy (non-hydrogen) atoms. The van der Waals surface area contributed by atoms with Crippen molar-refractivity contribution in [3.05, 3.63) is 108 Å². The van der Waals surface area contributed by atoms with E-state index in [4.69, 9.17) is 14.2 Å². The fourth-order valence-electron chi connectivity index (χ4n) is 4.71. The Morgan fingerprint density at radius 3 is 1.88 bits per heavy atom. The first-order valence-corrected chi connectivity index (χ1v) is 12.9. The average Bonchev–Trinajstić information content (AvgIpc) is 3.30. The summed E-state index contributed by atoms with van der Waals surface area (Å²) in [4.78, 5) is 36.3. The van der Waals surface area contributed by atoms with Crippen LogP contribution in [0.5, 0.6) is 11.5 Å². The van der Waals surface area contributed by atoms with Gasteiger partial charge in [0.15, 0.2) is 0 Å². The van der Waals surface area contributed by atoms with Crippen molar-refractivity contribution in [2.45, 2.75) is 46.6 Å². The molecule has 1 unspecified atom stereocenters. The number of carbonyl (C=O) groups excluding carboxylic acids is 3. The highest BCUT2D eigenvalue weighted by molar-refractivity contribution is 5.90. The van der Waals surface area contributed by atoms with E-state index in [9.17, 15) is 14.4 Å². The third kappa shape index (κ3) is 6.12. The van der Waals surface area contributed by atoms with Gasteiger partial charge in [0.05, 0.1) is 0 Å². The molecule has 1 aliphatic rings. The normalized spacial score (nSPS) is 13.7. The van der Waals surface area contributed by atoms with Crippen molar-refractivity contribution in [1.82, 2.24) is 0 Å². The number of hydrogen-bond donors (Lipinski definition) is 0. The number of hydrogen-bond acceptors (Lipinski definition) is 6. The summed E-state index contributed by atoms with van der Waals surface area (Å²) >= 11 is 0. The number of fused-ring (bicyclic) bond motifs is 1. The predicted molar refractivity (Wildman–Crippen MR) is 155 cm³/mol. The van der Waals surface area contributed by atoms with E-state index in [1.807, 2.05) is 13.8 Å². The van der Waals surface area contributed by atoms with Gasteiger partial charge < -0.3 is 14.2 Å². The molecule has 0 aromatic heterocycles. The van der Waals surface area contributed by atoms with Gasteiger partial charge in [-0.3, -0.25) is 0 Å². The van der Waals surface area contributed by atoms with E-state index in [1.165, 1.54) is 17.7 Å². The van der Waals surface area contributed by atoms with Crippen LogP contribution in [-0.2, 0) is 25.5 Å². The van der Waals surface area contributed by atoms with Crippen molar-refractivity contribution in [3.8, 4) is 33.8 Å². The molecule has 1 aliphatic carbocycles. The Morgan fingerprint density at radius 1 is 0.800 bits per heavy atom. The largest absolute Gasteiger partial charge is 0.454 e. The number of carbonyl (C=O) groups is 3. The number of ether oxygens (including phenoxy) is 3. The molecule has 3 aromatic rings. The highest BCUT2D eigenvalue weighted by Gasteiger charge is 2.26. The van der Waals surface area contributed by atoms with E-state index >= 15 is 0 Å². The first-order chi connectivity index (χ1) is 19.0. The van der Waals surface area contributed by atoms with Crippen LogP contribution < -0.4 is 9.47 Å². The summed E-state index contributed by atoms with van der Waals surface area (Å²) in [5, 5.41) is 0. The molecular formula is C34H32O6. The molecule has 4 rings (SSSR count). The lowest BCUT2D eigenvalue weighted by atomic mass is 9.90. The van der Waals surface area contributed by atoms with Gasteiger partial charge in [0, 0.05) is 23.3 Å². The van der Waals surface area contributed by atoms with E-state index in [0.717, 1.165) is 46.2 Å². The number of esters is 3. The van der Waals surface area contributed by atoms with Gasteiger partial charge in [0.25, 0.3) is 0 Å². The van der Waals surface area contributed by atoms with Gasteiger partial charge in [0.2, 0.25) is 0 Å². The molecule has 3 aromatic carbocycles. The second kappa shape index (κ2) is 11.6. The van der Waals surface area contributed by atoms with Crippen LogP contribution in [0.25, 0.3) is 22.3 Å². The minimum atomic E-state index is -0.578. The quantitative estimate of drug-likeness (QED) is 0.171. The smallest absolute Gasteiger partial charge is 0.338 e. The zero-order chi connectivity index (χ0) is 29.1. The summed E-state index contributed by atoms with van der Waals surface area (Å²) in [6, 6.07) is 15.4. The Morgan fingerprint density at radius 2 is 1.35 bits per heavy atom. The maximum Gasteiger partial charge on any atom is 0.338 e. The monoisotopic (exact) mass is 536 g/mol. The fraction of sp³-hybridized carbons (Fsp3) is 0.206. The maximum atomic E-state index is 12.2. The summed E-state index contributed by atoms with van der Waals surface area (Å²) in [6.45, 7) is 17.9. The molecule has 0 radical (unpaired) electrons. The molecule has 204 valence electrons. The second-order valence-corrected chi connectivity index (χ2v) is 10.1. The standard InChI is InChI=1S/C34H32O6/c1-8-32(35)40-31-12-11-23-9-10-24(17-30(23)31)28-13-22(7)29(14-21(28)6)25-15-26(38-33(36)19(2)3)18-27(16-25)39-34(37)20(4)5/h8-10,13-18,31H,1-2,4,11-12H2,3,5-7H3. The predicted octanol–water partition coefficient (Wildman–Crippen LogP) is 7.32. The molecular weight excluding hydrogens is 504 g/mol. The molecule has 0 heterocycles. The molecule has 0 saturated heterocycles. The first kappa shape index (κ1) is 28.3. The van der Waals surface area contributed by atoms with Crippen LogP contribution in [0, 0.1) is 13.8 Å². The SMILES string of the molecule is C=CC(=O)OC1CCc2ccc(-c3cc(C)c(-c4cc(OC(=O)C(=C)C)cc(OC(=O)C(=C)C)c4)cc3C)cc21. The van der Waals surface area contributed by atoms with Crippen molar-refractivity contribution in [1.29, 1.82) is 0 Å².